The first-order chi connectivity index (χ1) is 6.75. The number of rotatable bonds is 1. The highest BCUT2D eigenvalue weighted by molar-refractivity contribution is 8.10. The molecular formula is C11H16OS2. The summed E-state index contributed by atoms with van der Waals surface area (Å²) in [6.45, 7) is 0. The molecule has 0 aliphatic heterocycles. The number of hydrogen-bond donors (Lipinski definition) is 1. The smallest absolute Gasteiger partial charge is 0.217 e. The van der Waals surface area contributed by atoms with E-state index in [9.17, 15) is 0 Å². The van der Waals surface area contributed by atoms with Gasteiger partial charge in [-0.15, -0.1) is 0 Å². The maximum atomic E-state index is 5.65. The zero-order chi connectivity index (χ0) is 9.71. The van der Waals surface area contributed by atoms with Crippen molar-refractivity contribution in [2.45, 2.75) is 38.2 Å². The van der Waals surface area contributed by atoms with Crippen molar-refractivity contribution < 1.29 is 4.74 Å². The molecule has 3 saturated carbocycles. The maximum Gasteiger partial charge on any atom is 0.217 e. The highest BCUT2D eigenvalue weighted by Crippen LogP contribution is 2.59. The van der Waals surface area contributed by atoms with Gasteiger partial charge in [0.05, 0.1) is 0 Å². The fourth-order valence-electron chi connectivity index (χ4n) is 4.27. The van der Waals surface area contributed by atoms with E-state index in [1.807, 2.05) is 0 Å². The Hall–Kier alpha value is 0.240. The van der Waals surface area contributed by atoms with Gasteiger partial charge in [0, 0.05) is 0 Å². The first kappa shape index (κ1) is 9.46. The average molecular weight is 228 g/mol. The van der Waals surface area contributed by atoms with E-state index in [1.54, 1.807) is 0 Å². The van der Waals surface area contributed by atoms with E-state index in [0.717, 1.165) is 23.7 Å². The van der Waals surface area contributed by atoms with Crippen LogP contribution in [-0.4, -0.2) is 10.5 Å². The number of fused-ring (bicyclic) bond motifs is 5. The molecule has 2 unspecified atom stereocenters. The molecule has 0 radical (unpaired) electrons. The van der Waals surface area contributed by atoms with Gasteiger partial charge in [0.2, 0.25) is 4.38 Å². The van der Waals surface area contributed by atoms with Crippen molar-refractivity contribution in [1.29, 1.82) is 0 Å². The molecule has 0 amide bonds. The molecule has 0 aromatic carbocycles. The lowest BCUT2D eigenvalue weighted by molar-refractivity contribution is 0.0814. The fraction of sp³-hybridized carbons (Fsp3) is 0.909. The molecule has 0 saturated heterocycles. The Labute approximate surface area is 96.0 Å². The Morgan fingerprint density at radius 1 is 1.14 bits per heavy atom. The molecule has 3 rings (SSSR count). The van der Waals surface area contributed by atoms with Gasteiger partial charge in [0.1, 0.15) is 6.10 Å². The van der Waals surface area contributed by atoms with Crippen molar-refractivity contribution in [1.82, 2.24) is 0 Å². The van der Waals surface area contributed by atoms with Gasteiger partial charge in [-0.3, -0.25) is 0 Å². The van der Waals surface area contributed by atoms with E-state index in [4.69, 9.17) is 17.0 Å². The molecule has 78 valence electrons. The fourth-order valence-corrected chi connectivity index (χ4v) is 4.53. The van der Waals surface area contributed by atoms with Crippen molar-refractivity contribution in [2.24, 2.45) is 23.7 Å². The van der Waals surface area contributed by atoms with Crippen molar-refractivity contribution in [3.63, 3.8) is 0 Å². The molecule has 0 aromatic rings. The Morgan fingerprint density at radius 2 is 1.93 bits per heavy atom. The summed E-state index contributed by atoms with van der Waals surface area (Å²) >= 11 is 8.98. The van der Waals surface area contributed by atoms with E-state index in [-0.39, 0.29) is 0 Å². The molecule has 0 aromatic heterocycles. The first-order valence-electron chi connectivity index (χ1n) is 5.65. The molecule has 3 aliphatic rings. The molecule has 3 fully saturated rings. The molecule has 5 atom stereocenters. The zero-order valence-electron chi connectivity index (χ0n) is 8.19. The Morgan fingerprint density at radius 3 is 2.71 bits per heavy atom. The van der Waals surface area contributed by atoms with E-state index < -0.39 is 0 Å². The summed E-state index contributed by atoms with van der Waals surface area (Å²) in [5.74, 6) is 3.74. The number of hydrogen-bond acceptors (Lipinski definition) is 2. The minimum absolute atomic E-state index is 0.407. The van der Waals surface area contributed by atoms with Gasteiger partial charge >= 0.3 is 0 Å². The summed E-state index contributed by atoms with van der Waals surface area (Å²) in [6, 6.07) is 0. The average Bonchev–Trinajstić information content (AvgIpc) is 2.68. The molecule has 14 heavy (non-hydrogen) atoms. The molecule has 3 aliphatic carbocycles. The van der Waals surface area contributed by atoms with Crippen LogP contribution < -0.4 is 0 Å². The van der Waals surface area contributed by atoms with E-state index in [2.05, 4.69) is 12.6 Å². The monoisotopic (exact) mass is 228 g/mol. The largest absolute Gasteiger partial charge is 0.475 e. The third-order valence-electron chi connectivity index (χ3n) is 4.62. The Kier molecular flexibility index (Phi) is 2.28. The van der Waals surface area contributed by atoms with E-state index in [0.29, 0.717) is 10.5 Å². The predicted octanol–water partition coefficient (Wildman–Crippen LogP) is 3.04. The standard InChI is InChI=1S/C11H16OS2/c13-11(14)12-10-5-6-4-9(10)8-3-1-2-7(6)8/h6-10H,1-5H2,(H,13,14)/t6-,7?,8?,9-,10+/m0/s1. The summed E-state index contributed by atoms with van der Waals surface area (Å²) in [5.41, 5.74) is 0. The lowest BCUT2D eigenvalue weighted by Gasteiger charge is -2.31. The van der Waals surface area contributed by atoms with Crippen LogP contribution in [0.15, 0.2) is 0 Å². The van der Waals surface area contributed by atoms with Gasteiger partial charge in [-0.25, -0.2) is 0 Å². The van der Waals surface area contributed by atoms with Gasteiger partial charge in [-0.1, -0.05) is 19.0 Å². The summed E-state index contributed by atoms with van der Waals surface area (Å²) in [5, 5.41) is 0. The van der Waals surface area contributed by atoms with Crippen LogP contribution in [0.3, 0.4) is 0 Å². The van der Waals surface area contributed by atoms with Crippen LogP contribution in [0.4, 0.5) is 0 Å². The van der Waals surface area contributed by atoms with Crippen molar-refractivity contribution in [3.05, 3.63) is 0 Å². The molecule has 3 heteroatoms. The molecule has 0 N–H and O–H groups in total. The molecular weight excluding hydrogens is 212 g/mol. The molecule has 0 heterocycles. The lowest BCUT2D eigenvalue weighted by atomic mass is 9.80. The van der Waals surface area contributed by atoms with Crippen LogP contribution in [0.25, 0.3) is 0 Å². The number of thiol groups is 1. The third-order valence-corrected chi connectivity index (χ3v) is 4.82. The minimum Gasteiger partial charge on any atom is -0.475 e. The van der Waals surface area contributed by atoms with Crippen LogP contribution in [0.5, 0.6) is 0 Å². The summed E-state index contributed by atoms with van der Waals surface area (Å²) < 4.78 is 6.09. The summed E-state index contributed by atoms with van der Waals surface area (Å²) in [4.78, 5) is 0. The first-order valence-corrected chi connectivity index (χ1v) is 6.51. The van der Waals surface area contributed by atoms with Gasteiger partial charge in [-0.2, -0.15) is 0 Å². The number of thiocarbonyl (C=S) groups is 1. The van der Waals surface area contributed by atoms with Crippen LogP contribution in [0, 0.1) is 23.7 Å². The van der Waals surface area contributed by atoms with E-state index >= 15 is 0 Å². The van der Waals surface area contributed by atoms with Crippen molar-refractivity contribution >= 4 is 29.2 Å². The SMILES string of the molecule is S=C(S)O[C@@H]1C[C@@H]2C[C@H]1C1CCCC12. The predicted molar refractivity (Wildman–Crippen MR) is 63.5 cm³/mol. The van der Waals surface area contributed by atoms with Crippen molar-refractivity contribution in [3.8, 4) is 0 Å². The lowest BCUT2D eigenvalue weighted by Crippen LogP contribution is -2.30. The van der Waals surface area contributed by atoms with Crippen LogP contribution in [-0.2, 0) is 4.74 Å². The van der Waals surface area contributed by atoms with Crippen LogP contribution in [0.1, 0.15) is 32.1 Å². The van der Waals surface area contributed by atoms with Gasteiger partial charge < -0.3 is 4.74 Å². The summed E-state index contributed by atoms with van der Waals surface area (Å²) in [7, 11) is 0. The highest BCUT2D eigenvalue weighted by Gasteiger charge is 2.54. The summed E-state index contributed by atoms with van der Waals surface area (Å²) in [6.07, 6.45) is 7.41. The van der Waals surface area contributed by atoms with Crippen molar-refractivity contribution in [2.75, 3.05) is 0 Å². The van der Waals surface area contributed by atoms with Gasteiger partial charge in [0.25, 0.3) is 0 Å². The normalized spacial score (nSPS) is 49.4. The van der Waals surface area contributed by atoms with Gasteiger partial charge in [-0.05, 0) is 61.6 Å². The Balaban J connectivity index is 1.73. The second kappa shape index (κ2) is 3.38. The van der Waals surface area contributed by atoms with E-state index in [1.165, 1.54) is 32.1 Å². The molecule has 1 nitrogen and oxygen atoms in total. The van der Waals surface area contributed by atoms with Crippen LogP contribution >= 0.6 is 24.8 Å². The second-order valence-electron chi connectivity index (χ2n) is 5.08. The maximum absolute atomic E-state index is 5.65. The third kappa shape index (κ3) is 1.32. The van der Waals surface area contributed by atoms with Gasteiger partial charge in [0.15, 0.2) is 0 Å². The van der Waals surface area contributed by atoms with Crippen LogP contribution in [0.2, 0.25) is 0 Å². The highest BCUT2D eigenvalue weighted by atomic mass is 32.1. The number of ether oxygens (including phenoxy) is 1. The molecule has 0 spiro atoms. The minimum atomic E-state index is 0.407. The topological polar surface area (TPSA) is 9.23 Å². The molecule has 2 bridgehead atoms. The zero-order valence-corrected chi connectivity index (χ0v) is 9.90. The second-order valence-corrected chi connectivity index (χ2v) is 6.16. The quantitative estimate of drug-likeness (QED) is 0.545. The Bertz CT molecular complexity index is 266.